The van der Waals surface area contributed by atoms with Gasteiger partial charge in [-0.1, -0.05) is 24.6 Å². The molecule has 1 unspecified atom stereocenters. The third kappa shape index (κ3) is 5.05. The lowest BCUT2D eigenvalue weighted by atomic mass is 10.0. The standard InChI is InChI=1S/C17H27N3O/c1-2-20(15-9-4-3-5-10-15)14-8-13-19-17(21)16-11-6-7-12-18-16/h3-5,9-10,16,18H,2,6-8,11-14H2,1H3,(H,19,21). The van der Waals surface area contributed by atoms with Crippen LogP contribution in [0.25, 0.3) is 0 Å². The normalized spacial score (nSPS) is 18.2. The van der Waals surface area contributed by atoms with Crippen LogP contribution in [0, 0.1) is 0 Å². The first-order chi connectivity index (χ1) is 10.3. The third-order valence-electron chi connectivity index (χ3n) is 4.03. The first-order valence-electron chi connectivity index (χ1n) is 8.12. The van der Waals surface area contributed by atoms with Gasteiger partial charge in [0.1, 0.15) is 0 Å². The first kappa shape index (κ1) is 15.8. The topological polar surface area (TPSA) is 44.4 Å². The van der Waals surface area contributed by atoms with Crippen molar-refractivity contribution in [1.29, 1.82) is 0 Å². The smallest absolute Gasteiger partial charge is 0.237 e. The number of carbonyl (C=O) groups excluding carboxylic acids is 1. The van der Waals surface area contributed by atoms with Gasteiger partial charge >= 0.3 is 0 Å². The van der Waals surface area contributed by atoms with E-state index in [0.29, 0.717) is 0 Å². The average molecular weight is 289 g/mol. The summed E-state index contributed by atoms with van der Waals surface area (Å²) in [6, 6.07) is 10.5. The number of hydrogen-bond acceptors (Lipinski definition) is 3. The van der Waals surface area contributed by atoms with Gasteiger partial charge in [0.15, 0.2) is 0 Å². The molecule has 1 fully saturated rings. The van der Waals surface area contributed by atoms with Gasteiger partial charge in [-0.3, -0.25) is 4.79 Å². The van der Waals surface area contributed by atoms with E-state index in [1.54, 1.807) is 0 Å². The van der Waals surface area contributed by atoms with Gasteiger partial charge in [0.05, 0.1) is 6.04 Å². The summed E-state index contributed by atoms with van der Waals surface area (Å²) in [7, 11) is 0. The second-order valence-corrected chi connectivity index (χ2v) is 5.56. The number of carbonyl (C=O) groups is 1. The molecule has 1 heterocycles. The van der Waals surface area contributed by atoms with Crippen LogP contribution in [0.3, 0.4) is 0 Å². The largest absolute Gasteiger partial charge is 0.372 e. The van der Waals surface area contributed by atoms with Crippen molar-refractivity contribution < 1.29 is 4.79 Å². The molecule has 2 rings (SSSR count). The number of piperidine rings is 1. The van der Waals surface area contributed by atoms with Crippen molar-refractivity contribution in [2.75, 3.05) is 31.1 Å². The minimum absolute atomic E-state index is 0.0233. The maximum Gasteiger partial charge on any atom is 0.237 e. The average Bonchev–Trinajstić information content (AvgIpc) is 2.56. The minimum atomic E-state index is 0.0233. The fourth-order valence-electron chi connectivity index (χ4n) is 2.79. The predicted molar refractivity (Wildman–Crippen MR) is 87.6 cm³/mol. The fourth-order valence-corrected chi connectivity index (χ4v) is 2.79. The van der Waals surface area contributed by atoms with Crippen LogP contribution < -0.4 is 15.5 Å². The van der Waals surface area contributed by atoms with Crippen LogP contribution in [0.4, 0.5) is 5.69 Å². The van der Waals surface area contributed by atoms with Crippen molar-refractivity contribution in [3.05, 3.63) is 30.3 Å². The summed E-state index contributed by atoms with van der Waals surface area (Å²) in [5, 5.41) is 6.34. The summed E-state index contributed by atoms with van der Waals surface area (Å²) in [4.78, 5) is 14.3. The van der Waals surface area contributed by atoms with E-state index in [1.807, 2.05) is 6.07 Å². The summed E-state index contributed by atoms with van der Waals surface area (Å²) >= 11 is 0. The molecule has 1 saturated heterocycles. The van der Waals surface area contributed by atoms with Gasteiger partial charge in [0, 0.05) is 25.3 Å². The van der Waals surface area contributed by atoms with Gasteiger partial charge in [-0.05, 0) is 44.9 Å². The van der Waals surface area contributed by atoms with E-state index in [1.165, 1.54) is 12.1 Å². The summed E-state index contributed by atoms with van der Waals surface area (Å²) in [5.74, 6) is 0.164. The summed E-state index contributed by atoms with van der Waals surface area (Å²) < 4.78 is 0. The lowest BCUT2D eigenvalue weighted by molar-refractivity contribution is -0.123. The van der Waals surface area contributed by atoms with E-state index < -0.39 is 0 Å². The van der Waals surface area contributed by atoms with E-state index in [2.05, 4.69) is 46.7 Å². The molecule has 0 aliphatic carbocycles. The van der Waals surface area contributed by atoms with Crippen LogP contribution in [-0.2, 0) is 4.79 Å². The highest BCUT2D eigenvalue weighted by molar-refractivity contribution is 5.81. The Hall–Kier alpha value is -1.55. The summed E-state index contributed by atoms with van der Waals surface area (Å²) in [6.45, 7) is 5.84. The van der Waals surface area contributed by atoms with Gasteiger partial charge in [0.25, 0.3) is 0 Å². The molecule has 1 aliphatic rings. The molecular formula is C17H27N3O. The molecule has 0 spiro atoms. The van der Waals surface area contributed by atoms with Gasteiger partial charge in [-0.2, -0.15) is 0 Å². The maximum atomic E-state index is 12.0. The van der Waals surface area contributed by atoms with Crippen molar-refractivity contribution in [2.24, 2.45) is 0 Å². The van der Waals surface area contributed by atoms with Crippen molar-refractivity contribution >= 4 is 11.6 Å². The molecule has 2 N–H and O–H groups in total. The van der Waals surface area contributed by atoms with Gasteiger partial charge in [0.2, 0.25) is 5.91 Å². The lowest BCUT2D eigenvalue weighted by Crippen LogP contribution is -2.47. The molecule has 1 aliphatic heterocycles. The van der Waals surface area contributed by atoms with E-state index >= 15 is 0 Å². The molecule has 0 aromatic heterocycles. The number of nitrogens with zero attached hydrogens (tertiary/aromatic N) is 1. The Morgan fingerprint density at radius 1 is 1.33 bits per heavy atom. The van der Waals surface area contributed by atoms with Gasteiger partial charge < -0.3 is 15.5 Å². The molecule has 0 radical (unpaired) electrons. The molecule has 1 aromatic carbocycles. The second kappa shape index (κ2) is 8.67. The van der Waals surface area contributed by atoms with Gasteiger partial charge in [-0.15, -0.1) is 0 Å². The molecule has 1 aromatic rings. The number of anilines is 1. The number of rotatable bonds is 7. The van der Waals surface area contributed by atoms with Gasteiger partial charge in [-0.25, -0.2) is 0 Å². The Morgan fingerprint density at radius 3 is 2.81 bits per heavy atom. The zero-order chi connectivity index (χ0) is 14.9. The summed E-state index contributed by atoms with van der Waals surface area (Å²) in [5.41, 5.74) is 1.25. The minimum Gasteiger partial charge on any atom is -0.372 e. The SMILES string of the molecule is CCN(CCCNC(=O)C1CCCCN1)c1ccccc1. The number of nitrogens with one attached hydrogen (secondary N) is 2. The highest BCUT2D eigenvalue weighted by atomic mass is 16.2. The van der Waals surface area contributed by atoms with E-state index in [-0.39, 0.29) is 11.9 Å². The van der Waals surface area contributed by atoms with Crippen molar-refractivity contribution in [1.82, 2.24) is 10.6 Å². The van der Waals surface area contributed by atoms with Crippen LogP contribution in [-0.4, -0.2) is 38.1 Å². The molecular weight excluding hydrogens is 262 g/mol. The van der Waals surface area contributed by atoms with Crippen molar-refractivity contribution in [3.8, 4) is 0 Å². The van der Waals surface area contributed by atoms with Crippen LogP contribution in [0.15, 0.2) is 30.3 Å². The predicted octanol–water partition coefficient (Wildman–Crippen LogP) is 2.16. The Morgan fingerprint density at radius 2 is 2.14 bits per heavy atom. The Labute approximate surface area is 127 Å². The first-order valence-corrected chi connectivity index (χ1v) is 8.12. The monoisotopic (exact) mass is 289 g/mol. The number of amides is 1. The molecule has 21 heavy (non-hydrogen) atoms. The molecule has 0 saturated carbocycles. The van der Waals surface area contributed by atoms with Crippen LogP contribution >= 0.6 is 0 Å². The molecule has 116 valence electrons. The van der Waals surface area contributed by atoms with Crippen LogP contribution in [0.1, 0.15) is 32.6 Å². The van der Waals surface area contributed by atoms with Crippen LogP contribution in [0.5, 0.6) is 0 Å². The van der Waals surface area contributed by atoms with Crippen molar-refractivity contribution in [3.63, 3.8) is 0 Å². The Balaban J connectivity index is 1.67. The maximum absolute atomic E-state index is 12.0. The summed E-state index contributed by atoms with van der Waals surface area (Å²) in [6.07, 6.45) is 4.28. The number of benzene rings is 1. The Bertz CT molecular complexity index is 415. The zero-order valence-corrected chi connectivity index (χ0v) is 13.0. The van der Waals surface area contributed by atoms with E-state index in [9.17, 15) is 4.79 Å². The quantitative estimate of drug-likeness (QED) is 0.756. The third-order valence-corrected chi connectivity index (χ3v) is 4.03. The molecule has 1 amide bonds. The van der Waals surface area contributed by atoms with E-state index in [0.717, 1.165) is 45.4 Å². The zero-order valence-electron chi connectivity index (χ0n) is 13.0. The highest BCUT2D eigenvalue weighted by Gasteiger charge is 2.19. The Kier molecular flexibility index (Phi) is 6.54. The molecule has 1 atom stereocenters. The van der Waals surface area contributed by atoms with E-state index in [4.69, 9.17) is 0 Å². The molecule has 4 nitrogen and oxygen atoms in total. The fraction of sp³-hybridized carbons (Fsp3) is 0.588. The molecule has 4 heteroatoms. The number of hydrogen-bond donors (Lipinski definition) is 2. The second-order valence-electron chi connectivity index (χ2n) is 5.56. The van der Waals surface area contributed by atoms with Crippen LogP contribution in [0.2, 0.25) is 0 Å². The van der Waals surface area contributed by atoms with Crippen molar-refractivity contribution in [2.45, 2.75) is 38.6 Å². The molecule has 0 bridgehead atoms. The lowest BCUT2D eigenvalue weighted by Gasteiger charge is -2.24. The highest BCUT2D eigenvalue weighted by Crippen LogP contribution is 2.12. The number of para-hydroxylation sites is 1.